The molecule has 1 aliphatic heterocycles. The van der Waals surface area contributed by atoms with Crippen LogP contribution in [0.1, 0.15) is 43.7 Å². The van der Waals surface area contributed by atoms with Gasteiger partial charge in [-0.05, 0) is 31.2 Å². The van der Waals surface area contributed by atoms with Gasteiger partial charge in [0.15, 0.2) is 11.6 Å². The predicted octanol–water partition coefficient (Wildman–Crippen LogP) is 2.50. The highest BCUT2D eigenvalue weighted by Gasteiger charge is 2.30. The first-order valence-electron chi connectivity index (χ1n) is 8.28. The number of fused-ring (bicyclic) bond motifs is 1. The maximum Gasteiger partial charge on any atom is 0.315 e. The molecular formula is C17H23FN2O3. The van der Waals surface area contributed by atoms with E-state index in [1.807, 2.05) is 0 Å². The standard InChI is InChI=1S/C17H23FN2O3/c18-13-5-2-4-12-15(8-10-23-16(12)13)20-17(22)19-14-6-1-3-11(14)7-9-21/h2,4-5,11,14-15,21H,1,3,6-10H2,(H2,19,20,22)/t11-,14-,15+/m1/s1. The molecule has 126 valence electrons. The minimum atomic E-state index is -0.395. The second-order valence-corrected chi connectivity index (χ2v) is 6.28. The molecule has 0 aromatic heterocycles. The average Bonchev–Trinajstić information content (AvgIpc) is 2.96. The summed E-state index contributed by atoms with van der Waals surface area (Å²) in [5, 5.41) is 15.0. The second-order valence-electron chi connectivity index (χ2n) is 6.28. The minimum absolute atomic E-state index is 0.106. The Morgan fingerprint density at radius 2 is 2.17 bits per heavy atom. The van der Waals surface area contributed by atoms with Crippen LogP contribution in [0.2, 0.25) is 0 Å². The number of hydrogen-bond acceptors (Lipinski definition) is 3. The molecule has 5 nitrogen and oxygen atoms in total. The van der Waals surface area contributed by atoms with Gasteiger partial charge in [-0.15, -0.1) is 0 Å². The van der Waals surface area contributed by atoms with Gasteiger partial charge in [0.1, 0.15) is 0 Å². The van der Waals surface area contributed by atoms with Crippen molar-refractivity contribution < 1.29 is 19.0 Å². The monoisotopic (exact) mass is 322 g/mol. The summed E-state index contributed by atoms with van der Waals surface area (Å²) in [7, 11) is 0. The van der Waals surface area contributed by atoms with Crippen LogP contribution in [0.4, 0.5) is 9.18 Å². The summed E-state index contributed by atoms with van der Waals surface area (Å²) in [6.45, 7) is 0.534. The number of carbonyl (C=O) groups is 1. The van der Waals surface area contributed by atoms with Crippen LogP contribution in [-0.2, 0) is 0 Å². The molecule has 3 atom stereocenters. The Bertz CT molecular complexity index is 567. The second kappa shape index (κ2) is 7.17. The number of hydrogen-bond donors (Lipinski definition) is 3. The summed E-state index contributed by atoms with van der Waals surface area (Å²) in [4.78, 5) is 12.3. The Morgan fingerprint density at radius 1 is 1.30 bits per heavy atom. The third-order valence-electron chi connectivity index (χ3n) is 4.81. The van der Waals surface area contributed by atoms with Gasteiger partial charge in [0.2, 0.25) is 0 Å². The quantitative estimate of drug-likeness (QED) is 0.797. The van der Waals surface area contributed by atoms with E-state index in [-0.39, 0.29) is 30.5 Å². The highest BCUT2D eigenvalue weighted by Crippen LogP contribution is 2.34. The molecule has 6 heteroatoms. The largest absolute Gasteiger partial charge is 0.490 e. The molecule has 1 aliphatic carbocycles. The normalized spacial score (nSPS) is 26.3. The van der Waals surface area contributed by atoms with E-state index in [9.17, 15) is 9.18 Å². The lowest BCUT2D eigenvalue weighted by Gasteiger charge is -2.28. The van der Waals surface area contributed by atoms with Gasteiger partial charge in [-0.3, -0.25) is 0 Å². The predicted molar refractivity (Wildman–Crippen MR) is 83.8 cm³/mol. The molecule has 2 aliphatic rings. The molecule has 3 N–H and O–H groups in total. The van der Waals surface area contributed by atoms with Crippen molar-refractivity contribution in [1.82, 2.24) is 10.6 Å². The van der Waals surface area contributed by atoms with Crippen molar-refractivity contribution >= 4 is 6.03 Å². The molecule has 0 unspecified atom stereocenters. The van der Waals surface area contributed by atoms with Crippen molar-refractivity contribution in [2.24, 2.45) is 5.92 Å². The van der Waals surface area contributed by atoms with E-state index in [1.54, 1.807) is 12.1 Å². The van der Waals surface area contributed by atoms with Gasteiger partial charge < -0.3 is 20.5 Å². The fourth-order valence-corrected chi connectivity index (χ4v) is 3.64. The van der Waals surface area contributed by atoms with Gasteiger partial charge in [-0.25, -0.2) is 9.18 Å². The van der Waals surface area contributed by atoms with E-state index in [1.165, 1.54) is 6.07 Å². The number of aliphatic hydroxyl groups is 1. The number of benzene rings is 1. The number of rotatable bonds is 4. The molecule has 1 aromatic rings. The first-order chi connectivity index (χ1) is 11.2. The molecule has 1 aromatic carbocycles. The summed E-state index contributed by atoms with van der Waals surface area (Å²) in [6.07, 6.45) is 4.39. The van der Waals surface area contributed by atoms with Crippen LogP contribution in [0.25, 0.3) is 0 Å². The summed E-state index contributed by atoms with van der Waals surface area (Å²) < 4.78 is 19.1. The van der Waals surface area contributed by atoms with Gasteiger partial charge >= 0.3 is 6.03 Å². The van der Waals surface area contributed by atoms with E-state index in [0.29, 0.717) is 24.5 Å². The number of carbonyl (C=O) groups excluding carboxylic acids is 1. The van der Waals surface area contributed by atoms with Gasteiger partial charge in [0.05, 0.1) is 12.6 Å². The van der Waals surface area contributed by atoms with Crippen molar-refractivity contribution in [2.45, 2.75) is 44.2 Å². The van der Waals surface area contributed by atoms with Crippen LogP contribution in [0.15, 0.2) is 18.2 Å². The zero-order valence-electron chi connectivity index (χ0n) is 13.1. The van der Waals surface area contributed by atoms with Crippen LogP contribution < -0.4 is 15.4 Å². The van der Waals surface area contributed by atoms with Crippen LogP contribution in [-0.4, -0.2) is 30.4 Å². The summed E-state index contributed by atoms with van der Waals surface area (Å²) in [6, 6.07) is 4.40. The SMILES string of the molecule is O=C(N[C@H]1CCOc2c(F)cccc21)N[C@@H]1CCC[C@@H]1CCO. The topological polar surface area (TPSA) is 70.6 Å². The molecule has 0 spiro atoms. The molecule has 2 amide bonds. The van der Waals surface area contributed by atoms with Crippen molar-refractivity contribution in [3.8, 4) is 5.75 Å². The van der Waals surface area contributed by atoms with E-state index in [0.717, 1.165) is 25.7 Å². The van der Waals surface area contributed by atoms with E-state index < -0.39 is 5.82 Å². The zero-order valence-corrected chi connectivity index (χ0v) is 13.1. The number of aliphatic hydroxyl groups excluding tert-OH is 1. The fourth-order valence-electron chi connectivity index (χ4n) is 3.64. The third-order valence-corrected chi connectivity index (χ3v) is 4.81. The zero-order chi connectivity index (χ0) is 16.2. The Morgan fingerprint density at radius 3 is 3.00 bits per heavy atom. The number of halogens is 1. The van der Waals surface area contributed by atoms with Gasteiger partial charge in [0.25, 0.3) is 0 Å². The number of ether oxygens (including phenoxy) is 1. The van der Waals surface area contributed by atoms with Gasteiger partial charge in [-0.1, -0.05) is 18.6 Å². The van der Waals surface area contributed by atoms with E-state index in [4.69, 9.17) is 9.84 Å². The maximum atomic E-state index is 13.8. The molecular weight excluding hydrogens is 299 g/mol. The van der Waals surface area contributed by atoms with Crippen molar-refractivity contribution in [3.63, 3.8) is 0 Å². The van der Waals surface area contributed by atoms with Gasteiger partial charge in [0, 0.05) is 24.6 Å². The molecule has 1 saturated carbocycles. The molecule has 23 heavy (non-hydrogen) atoms. The average molecular weight is 322 g/mol. The van der Waals surface area contributed by atoms with Crippen LogP contribution in [0.3, 0.4) is 0 Å². The lowest BCUT2D eigenvalue weighted by atomic mass is 9.99. The minimum Gasteiger partial charge on any atom is -0.490 e. The highest BCUT2D eigenvalue weighted by atomic mass is 19.1. The Kier molecular flexibility index (Phi) is 5.00. The molecule has 0 bridgehead atoms. The number of amides is 2. The number of urea groups is 1. The Hall–Kier alpha value is -1.82. The molecule has 0 radical (unpaired) electrons. The molecule has 1 heterocycles. The highest BCUT2D eigenvalue weighted by molar-refractivity contribution is 5.75. The van der Waals surface area contributed by atoms with E-state index >= 15 is 0 Å². The number of para-hydroxylation sites is 1. The number of nitrogens with one attached hydrogen (secondary N) is 2. The van der Waals surface area contributed by atoms with Crippen molar-refractivity contribution in [2.75, 3.05) is 13.2 Å². The summed E-state index contributed by atoms with van der Waals surface area (Å²) in [5.41, 5.74) is 0.685. The Balaban J connectivity index is 1.62. The summed E-state index contributed by atoms with van der Waals surface area (Å²) in [5.74, 6) is 0.182. The van der Waals surface area contributed by atoms with Crippen molar-refractivity contribution in [1.29, 1.82) is 0 Å². The third kappa shape index (κ3) is 3.58. The molecule has 0 saturated heterocycles. The smallest absolute Gasteiger partial charge is 0.315 e. The lowest BCUT2D eigenvalue weighted by Crippen LogP contribution is -2.45. The van der Waals surface area contributed by atoms with Crippen molar-refractivity contribution in [3.05, 3.63) is 29.6 Å². The van der Waals surface area contributed by atoms with Crippen LogP contribution >= 0.6 is 0 Å². The van der Waals surface area contributed by atoms with Gasteiger partial charge in [-0.2, -0.15) is 0 Å². The first-order valence-corrected chi connectivity index (χ1v) is 8.28. The fraction of sp³-hybridized carbons (Fsp3) is 0.588. The molecule has 3 rings (SSSR count). The Labute approximate surface area is 135 Å². The maximum absolute atomic E-state index is 13.8. The van der Waals surface area contributed by atoms with E-state index in [2.05, 4.69) is 10.6 Å². The first kappa shape index (κ1) is 16.1. The van der Waals surface area contributed by atoms with Crippen LogP contribution in [0, 0.1) is 11.7 Å². The lowest BCUT2D eigenvalue weighted by molar-refractivity contribution is 0.209. The van der Waals surface area contributed by atoms with Crippen LogP contribution in [0.5, 0.6) is 5.75 Å². The summed E-state index contributed by atoms with van der Waals surface area (Å²) >= 11 is 0. The molecule has 1 fully saturated rings.